The zero-order chi connectivity index (χ0) is 18.7. The van der Waals surface area contributed by atoms with Crippen LogP contribution in [0.3, 0.4) is 0 Å². The van der Waals surface area contributed by atoms with Crippen molar-refractivity contribution in [2.24, 2.45) is 0 Å². The highest BCUT2D eigenvalue weighted by Gasteiger charge is 2.18. The highest BCUT2D eigenvalue weighted by molar-refractivity contribution is 5.92. The Morgan fingerprint density at radius 3 is 2.73 bits per heavy atom. The largest absolute Gasteiger partial charge is 0.493 e. The van der Waals surface area contributed by atoms with Crippen molar-refractivity contribution < 1.29 is 4.74 Å². The Hall–Kier alpha value is -2.67. The van der Waals surface area contributed by atoms with Crippen molar-refractivity contribution in [3.63, 3.8) is 0 Å². The van der Waals surface area contributed by atoms with Gasteiger partial charge in [-0.1, -0.05) is 6.07 Å². The lowest BCUT2D eigenvalue weighted by Gasteiger charge is -2.10. The summed E-state index contributed by atoms with van der Waals surface area (Å²) in [6.45, 7) is 5.65. The van der Waals surface area contributed by atoms with Gasteiger partial charge in [0.05, 0.1) is 29.1 Å². The summed E-state index contributed by atoms with van der Waals surface area (Å²) in [6.07, 6.45) is 0.966. The van der Waals surface area contributed by atoms with Crippen molar-refractivity contribution in [2.45, 2.75) is 20.3 Å². The molecule has 7 nitrogen and oxygen atoms in total. The van der Waals surface area contributed by atoms with Crippen molar-refractivity contribution in [3.8, 4) is 11.4 Å². The standard InChI is InChI=1S/C19H26N6O/c1-13-17-14(2)25(23-18(17)19(22-21-13)24(4)5)15-8-6-9-16(12-15)26-11-7-10-20-3/h6,8-9,12,20H,7,10-11H2,1-5H3. The first-order chi connectivity index (χ1) is 12.5. The molecule has 26 heavy (non-hydrogen) atoms. The number of anilines is 1. The van der Waals surface area contributed by atoms with E-state index in [0.29, 0.717) is 6.61 Å². The second kappa shape index (κ2) is 7.70. The molecular weight excluding hydrogens is 328 g/mol. The molecule has 3 rings (SSSR count). The van der Waals surface area contributed by atoms with Crippen LogP contribution in [0.4, 0.5) is 5.82 Å². The van der Waals surface area contributed by atoms with E-state index in [4.69, 9.17) is 9.84 Å². The van der Waals surface area contributed by atoms with E-state index < -0.39 is 0 Å². The highest BCUT2D eigenvalue weighted by atomic mass is 16.5. The lowest BCUT2D eigenvalue weighted by Crippen LogP contribution is -2.12. The topological polar surface area (TPSA) is 68.1 Å². The van der Waals surface area contributed by atoms with Gasteiger partial charge in [0.15, 0.2) is 5.82 Å². The van der Waals surface area contributed by atoms with Crippen LogP contribution in [0.1, 0.15) is 17.8 Å². The molecule has 138 valence electrons. The van der Waals surface area contributed by atoms with Gasteiger partial charge in [0.2, 0.25) is 0 Å². The summed E-state index contributed by atoms with van der Waals surface area (Å²) in [5, 5.41) is 17.6. The third-order valence-electron chi connectivity index (χ3n) is 4.31. The smallest absolute Gasteiger partial charge is 0.179 e. The predicted molar refractivity (Wildman–Crippen MR) is 104 cm³/mol. The Bertz CT molecular complexity index is 902. The summed E-state index contributed by atoms with van der Waals surface area (Å²) < 4.78 is 7.79. The number of hydrogen-bond donors (Lipinski definition) is 1. The van der Waals surface area contributed by atoms with Gasteiger partial charge in [0.1, 0.15) is 11.3 Å². The lowest BCUT2D eigenvalue weighted by atomic mass is 10.2. The fourth-order valence-electron chi connectivity index (χ4n) is 3.01. The van der Waals surface area contributed by atoms with Gasteiger partial charge in [0.25, 0.3) is 0 Å². The van der Waals surface area contributed by atoms with Gasteiger partial charge in [-0.2, -0.15) is 10.2 Å². The molecule has 0 unspecified atom stereocenters. The first kappa shape index (κ1) is 18.1. The van der Waals surface area contributed by atoms with Crippen LogP contribution < -0.4 is 15.0 Å². The Morgan fingerprint density at radius 2 is 2.00 bits per heavy atom. The molecule has 2 aromatic heterocycles. The van der Waals surface area contributed by atoms with E-state index in [0.717, 1.165) is 52.5 Å². The molecule has 0 spiro atoms. The van der Waals surface area contributed by atoms with Crippen molar-refractivity contribution >= 4 is 16.7 Å². The van der Waals surface area contributed by atoms with Crippen LogP contribution in [0.5, 0.6) is 5.75 Å². The van der Waals surface area contributed by atoms with E-state index in [2.05, 4.69) is 22.4 Å². The van der Waals surface area contributed by atoms with E-state index in [-0.39, 0.29) is 0 Å². The predicted octanol–water partition coefficient (Wildman–Crippen LogP) is 2.49. The van der Waals surface area contributed by atoms with Crippen LogP contribution in [0.25, 0.3) is 16.6 Å². The number of ether oxygens (including phenoxy) is 1. The maximum atomic E-state index is 5.86. The fraction of sp³-hybridized carbons (Fsp3) is 0.421. The Morgan fingerprint density at radius 1 is 1.19 bits per heavy atom. The molecule has 3 aromatic rings. The van der Waals surface area contributed by atoms with Crippen LogP contribution in [-0.2, 0) is 0 Å². The van der Waals surface area contributed by atoms with Gasteiger partial charge in [-0.3, -0.25) is 0 Å². The summed E-state index contributed by atoms with van der Waals surface area (Å²) >= 11 is 0. The Balaban J connectivity index is 1.99. The van der Waals surface area contributed by atoms with Crippen LogP contribution in [0.2, 0.25) is 0 Å². The molecule has 0 aliphatic rings. The molecular formula is C19H26N6O. The summed E-state index contributed by atoms with van der Waals surface area (Å²) in [4.78, 5) is 1.94. The molecule has 0 saturated carbocycles. The minimum atomic E-state index is 0.683. The second-order valence-electron chi connectivity index (χ2n) is 6.53. The maximum absolute atomic E-state index is 5.86. The summed E-state index contributed by atoms with van der Waals surface area (Å²) in [5.74, 6) is 1.62. The molecule has 0 fully saturated rings. The highest BCUT2D eigenvalue weighted by Crippen LogP contribution is 2.29. The fourth-order valence-corrected chi connectivity index (χ4v) is 3.01. The van der Waals surface area contributed by atoms with Crippen LogP contribution >= 0.6 is 0 Å². The molecule has 0 aliphatic heterocycles. The summed E-state index contributed by atoms with van der Waals surface area (Å²) in [6, 6.07) is 8.01. The third-order valence-corrected chi connectivity index (χ3v) is 4.31. The van der Waals surface area contributed by atoms with E-state index in [1.165, 1.54) is 0 Å². The first-order valence-corrected chi connectivity index (χ1v) is 8.80. The minimum absolute atomic E-state index is 0.683. The van der Waals surface area contributed by atoms with Crippen LogP contribution in [0.15, 0.2) is 24.3 Å². The van der Waals surface area contributed by atoms with Crippen molar-refractivity contribution in [3.05, 3.63) is 35.7 Å². The van der Waals surface area contributed by atoms with Gasteiger partial charge in [-0.05, 0) is 46.0 Å². The maximum Gasteiger partial charge on any atom is 0.179 e. The average Bonchev–Trinajstić information content (AvgIpc) is 2.97. The first-order valence-electron chi connectivity index (χ1n) is 8.80. The van der Waals surface area contributed by atoms with E-state index >= 15 is 0 Å². The molecule has 0 atom stereocenters. The lowest BCUT2D eigenvalue weighted by molar-refractivity contribution is 0.309. The summed E-state index contributed by atoms with van der Waals surface area (Å²) in [7, 11) is 5.85. The van der Waals surface area contributed by atoms with Gasteiger partial charge in [-0.15, -0.1) is 5.10 Å². The Labute approximate surface area is 154 Å². The number of aryl methyl sites for hydroxylation is 2. The van der Waals surface area contributed by atoms with Gasteiger partial charge >= 0.3 is 0 Å². The quantitative estimate of drug-likeness (QED) is 0.658. The molecule has 0 aliphatic carbocycles. The van der Waals surface area contributed by atoms with Crippen LogP contribution in [-0.4, -0.2) is 54.3 Å². The van der Waals surface area contributed by atoms with E-state index in [9.17, 15) is 0 Å². The average molecular weight is 354 g/mol. The minimum Gasteiger partial charge on any atom is -0.493 e. The number of aromatic nitrogens is 4. The van der Waals surface area contributed by atoms with Crippen molar-refractivity contribution in [2.75, 3.05) is 39.2 Å². The molecule has 7 heteroatoms. The van der Waals surface area contributed by atoms with Gasteiger partial charge in [-0.25, -0.2) is 4.68 Å². The van der Waals surface area contributed by atoms with Gasteiger partial charge in [0, 0.05) is 20.2 Å². The number of nitrogens with one attached hydrogen (secondary N) is 1. The normalized spacial score (nSPS) is 11.1. The number of hydrogen-bond acceptors (Lipinski definition) is 6. The van der Waals surface area contributed by atoms with E-state index in [1.807, 2.05) is 61.9 Å². The molecule has 2 heterocycles. The van der Waals surface area contributed by atoms with Crippen molar-refractivity contribution in [1.29, 1.82) is 0 Å². The summed E-state index contributed by atoms with van der Waals surface area (Å²) in [5.41, 5.74) is 3.76. The number of benzene rings is 1. The molecule has 0 bridgehead atoms. The monoisotopic (exact) mass is 354 g/mol. The SMILES string of the molecule is CNCCCOc1cccc(-n2nc3c(N(C)C)nnc(C)c3c2C)c1. The molecule has 0 saturated heterocycles. The zero-order valence-electron chi connectivity index (χ0n) is 16.1. The number of fused-ring (bicyclic) bond motifs is 1. The number of rotatable bonds is 7. The molecule has 1 N–H and O–H groups in total. The zero-order valence-corrected chi connectivity index (χ0v) is 16.1. The Kier molecular flexibility index (Phi) is 5.37. The molecule has 0 amide bonds. The van der Waals surface area contributed by atoms with Crippen LogP contribution in [0, 0.1) is 13.8 Å². The number of nitrogens with zero attached hydrogens (tertiary/aromatic N) is 5. The second-order valence-corrected chi connectivity index (χ2v) is 6.53. The van der Waals surface area contributed by atoms with Crippen molar-refractivity contribution in [1.82, 2.24) is 25.3 Å². The molecule has 0 radical (unpaired) electrons. The third kappa shape index (κ3) is 3.48. The van der Waals surface area contributed by atoms with E-state index in [1.54, 1.807) is 0 Å². The van der Waals surface area contributed by atoms with Gasteiger partial charge < -0.3 is 15.0 Å². The molecule has 1 aromatic carbocycles.